The summed E-state index contributed by atoms with van der Waals surface area (Å²) in [5.74, 6) is -0.0149. The van der Waals surface area contributed by atoms with Crippen LogP contribution < -0.4 is 5.32 Å². The molecule has 1 aromatic rings. The van der Waals surface area contributed by atoms with E-state index in [9.17, 15) is 4.79 Å². The molecule has 0 aliphatic carbocycles. The number of thiophene rings is 1. The maximum Gasteiger partial charge on any atom is 0.247 e. The Morgan fingerprint density at radius 3 is 2.81 bits per heavy atom. The Morgan fingerprint density at radius 2 is 2.31 bits per heavy atom. The number of carbonyl (C=O) groups is 1. The lowest BCUT2D eigenvalue weighted by Gasteiger charge is -2.12. The summed E-state index contributed by atoms with van der Waals surface area (Å²) >= 11 is 7.34. The van der Waals surface area contributed by atoms with Gasteiger partial charge in [0.15, 0.2) is 0 Å². The second-order valence-corrected chi connectivity index (χ2v) is 5.38. The predicted octanol–water partition coefficient (Wildman–Crippen LogP) is 3.94. The van der Waals surface area contributed by atoms with Gasteiger partial charge in [-0.3, -0.25) is 4.79 Å². The van der Waals surface area contributed by atoms with Crippen LogP contribution in [0.25, 0.3) is 0 Å². The molecule has 16 heavy (non-hydrogen) atoms. The zero-order valence-corrected chi connectivity index (χ0v) is 11.3. The Hall–Kier alpha value is -0.800. The van der Waals surface area contributed by atoms with Gasteiger partial charge in [0.05, 0.1) is 10.4 Å². The van der Waals surface area contributed by atoms with Crippen molar-refractivity contribution in [1.82, 2.24) is 5.32 Å². The van der Waals surface area contributed by atoms with Crippen LogP contribution in [0.3, 0.4) is 0 Å². The Labute approximate surface area is 105 Å². The van der Waals surface area contributed by atoms with Crippen molar-refractivity contribution in [3.8, 4) is 0 Å². The van der Waals surface area contributed by atoms with Crippen molar-refractivity contribution in [1.29, 1.82) is 0 Å². The minimum atomic E-state index is -0.0149. The number of rotatable bonds is 4. The predicted molar refractivity (Wildman–Crippen MR) is 69.9 cm³/mol. The molecule has 0 radical (unpaired) electrons. The zero-order chi connectivity index (χ0) is 12.1. The summed E-state index contributed by atoms with van der Waals surface area (Å²) in [6.45, 7) is 5.80. The van der Waals surface area contributed by atoms with Gasteiger partial charge in [0.2, 0.25) is 5.91 Å². The molecule has 0 aliphatic rings. The van der Waals surface area contributed by atoms with Gasteiger partial charge < -0.3 is 5.32 Å². The van der Waals surface area contributed by atoms with E-state index >= 15 is 0 Å². The van der Waals surface area contributed by atoms with Gasteiger partial charge in [-0.25, -0.2) is 0 Å². The van der Waals surface area contributed by atoms with E-state index < -0.39 is 0 Å². The van der Waals surface area contributed by atoms with Gasteiger partial charge in [0.25, 0.3) is 0 Å². The zero-order valence-electron chi connectivity index (χ0n) is 9.71. The molecule has 2 nitrogen and oxygen atoms in total. The van der Waals surface area contributed by atoms with Crippen molar-refractivity contribution in [2.75, 3.05) is 0 Å². The molecule has 0 aliphatic heterocycles. The van der Waals surface area contributed by atoms with Crippen molar-refractivity contribution in [3.05, 3.63) is 33.0 Å². The highest BCUT2D eigenvalue weighted by Gasteiger charge is 2.12. The van der Waals surface area contributed by atoms with E-state index in [-0.39, 0.29) is 11.9 Å². The van der Waals surface area contributed by atoms with E-state index in [0.717, 1.165) is 21.2 Å². The minimum Gasteiger partial charge on any atom is -0.345 e. The number of halogens is 1. The summed E-state index contributed by atoms with van der Waals surface area (Å²) in [5, 5.41) is 2.94. The molecule has 1 atom stereocenters. The van der Waals surface area contributed by atoms with Crippen molar-refractivity contribution in [3.63, 3.8) is 0 Å². The third-order valence-electron chi connectivity index (χ3n) is 2.24. The standard InChI is InChI=1S/C12H16ClNOS/c1-4-5-8(2)12(15)14-9(3)10-6-7-11(13)16-10/h5-7,9H,4H2,1-3H3,(H,14,15)/b8-5-/t9-/m0/s1. The molecular weight excluding hydrogens is 242 g/mol. The van der Waals surface area contributed by atoms with E-state index in [0.29, 0.717) is 0 Å². The van der Waals surface area contributed by atoms with Crippen LogP contribution in [0.2, 0.25) is 4.34 Å². The second kappa shape index (κ2) is 6.06. The molecule has 0 saturated carbocycles. The lowest BCUT2D eigenvalue weighted by molar-refractivity contribution is -0.118. The first-order chi connectivity index (χ1) is 7.54. The summed E-state index contributed by atoms with van der Waals surface area (Å²) in [5.41, 5.74) is 0.761. The molecule has 0 unspecified atom stereocenters. The van der Waals surface area contributed by atoms with Gasteiger partial charge in [-0.15, -0.1) is 11.3 Å². The van der Waals surface area contributed by atoms with E-state index in [1.54, 1.807) is 0 Å². The fraction of sp³-hybridized carbons (Fsp3) is 0.417. The first-order valence-corrected chi connectivity index (χ1v) is 6.47. The Kier molecular flexibility index (Phi) is 5.03. The number of allylic oxidation sites excluding steroid dienone is 1. The van der Waals surface area contributed by atoms with Crippen LogP contribution in [0.1, 0.15) is 38.1 Å². The summed E-state index contributed by atoms with van der Waals surface area (Å²) in [7, 11) is 0. The molecule has 0 spiro atoms. The highest BCUT2D eigenvalue weighted by molar-refractivity contribution is 7.16. The molecule has 88 valence electrons. The average molecular weight is 258 g/mol. The topological polar surface area (TPSA) is 29.1 Å². The summed E-state index contributed by atoms with van der Waals surface area (Å²) < 4.78 is 0.747. The van der Waals surface area contributed by atoms with E-state index in [4.69, 9.17) is 11.6 Å². The first kappa shape index (κ1) is 13.3. The Morgan fingerprint density at radius 1 is 1.62 bits per heavy atom. The molecule has 1 heterocycles. The lowest BCUT2D eigenvalue weighted by Crippen LogP contribution is -2.26. The molecular formula is C12H16ClNOS. The highest BCUT2D eigenvalue weighted by Crippen LogP contribution is 2.26. The molecule has 0 bridgehead atoms. The van der Waals surface area contributed by atoms with Gasteiger partial charge in [-0.1, -0.05) is 24.6 Å². The maximum atomic E-state index is 11.7. The third-order valence-corrected chi connectivity index (χ3v) is 3.65. The van der Waals surface area contributed by atoms with Crippen molar-refractivity contribution >= 4 is 28.8 Å². The summed E-state index contributed by atoms with van der Waals surface area (Å²) in [6, 6.07) is 3.79. The van der Waals surface area contributed by atoms with Crippen molar-refractivity contribution in [2.45, 2.75) is 33.2 Å². The van der Waals surface area contributed by atoms with Gasteiger partial charge in [-0.05, 0) is 32.4 Å². The second-order valence-electron chi connectivity index (χ2n) is 3.63. The summed E-state index contributed by atoms with van der Waals surface area (Å²) in [4.78, 5) is 12.8. The Balaban J connectivity index is 2.61. The average Bonchev–Trinajstić information content (AvgIpc) is 2.65. The van der Waals surface area contributed by atoms with Gasteiger partial charge in [-0.2, -0.15) is 0 Å². The molecule has 0 saturated heterocycles. The monoisotopic (exact) mass is 257 g/mol. The van der Waals surface area contributed by atoms with Crippen LogP contribution in [0, 0.1) is 0 Å². The van der Waals surface area contributed by atoms with Gasteiger partial charge in [0.1, 0.15) is 0 Å². The van der Waals surface area contributed by atoms with Crippen LogP contribution in [0.5, 0.6) is 0 Å². The quantitative estimate of drug-likeness (QED) is 0.814. The molecule has 4 heteroatoms. The summed E-state index contributed by atoms with van der Waals surface area (Å²) in [6.07, 6.45) is 2.79. The van der Waals surface area contributed by atoms with E-state index in [1.807, 2.05) is 39.0 Å². The minimum absolute atomic E-state index is 0.00482. The molecule has 0 aromatic carbocycles. The van der Waals surface area contributed by atoms with Gasteiger partial charge >= 0.3 is 0 Å². The third kappa shape index (κ3) is 3.65. The number of amides is 1. The Bertz CT molecular complexity index is 397. The molecule has 0 fully saturated rings. The first-order valence-electron chi connectivity index (χ1n) is 5.27. The maximum absolute atomic E-state index is 11.7. The van der Waals surface area contributed by atoms with E-state index in [2.05, 4.69) is 5.32 Å². The van der Waals surface area contributed by atoms with Gasteiger partial charge in [0, 0.05) is 10.5 Å². The lowest BCUT2D eigenvalue weighted by atomic mass is 10.2. The smallest absolute Gasteiger partial charge is 0.247 e. The largest absolute Gasteiger partial charge is 0.345 e. The van der Waals surface area contributed by atoms with E-state index in [1.165, 1.54) is 11.3 Å². The molecule has 1 rings (SSSR count). The van der Waals surface area contributed by atoms with Crippen LogP contribution in [0.15, 0.2) is 23.8 Å². The molecule has 1 aromatic heterocycles. The molecule has 1 amide bonds. The number of carbonyl (C=O) groups excluding carboxylic acids is 1. The van der Waals surface area contributed by atoms with Crippen molar-refractivity contribution in [2.24, 2.45) is 0 Å². The van der Waals surface area contributed by atoms with Crippen LogP contribution in [-0.2, 0) is 4.79 Å². The van der Waals surface area contributed by atoms with Crippen LogP contribution in [-0.4, -0.2) is 5.91 Å². The van der Waals surface area contributed by atoms with Crippen LogP contribution in [0.4, 0.5) is 0 Å². The fourth-order valence-corrected chi connectivity index (χ4v) is 2.40. The van der Waals surface area contributed by atoms with Crippen LogP contribution >= 0.6 is 22.9 Å². The fourth-order valence-electron chi connectivity index (χ4n) is 1.34. The normalized spacial score (nSPS) is 13.6. The number of hydrogen-bond acceptors (Lipinski definition) is 2. The number of hydrogen-bond donors (Lipinski definition) is 1. The SMILES string of the molecule is CC/C=C(/C)C(=O)N[C@@H](C)c1ccc(Cl)s1. The highest BCUT2D eigenvalue weighted by atomic mass is 35.5. The van der Waals surface area contributed by atoms with Crippen molar-refractivity contribution < 1.29 is 4.79 Å². The number of nitrogens with one attached hydrogen (secondary N) is 1. The molecule has 1 N–H and O–H groups in total.